The summed E-state index contributed by atoms with van der Waals surface area (Å²) in [7, 11) is 2.16. The van der Waals surface area contributed by atoms with Crippen LogP contribution in [0.15, 0.2) is 42.5 Å². The number of likely N-dealkylation sites (N-methyl/N-ethyl adjacent to an activating group) is 1. The van der Waals surface area contributed by atoms with E-state index in [-0.39, 0.29) is 5.91 Å². The Balaban J connectivity index is 1.36. The molecule has 0 unspecified atom stereocenters. The lowest BCUT2D eigenvalue weighted by Crippen LogP contribution is -2.44. The average molecular weight is 408 g/mol. The van der Waals surface area contributed by atoms with Crippen LogP contribution in [-0.2, 0) is 17.6 Å². The highest BCUT2D eigenvalue weighted by Gasteiger charge is 2.20. The zero-order valence-electron chi connectivity index (χ0n) is 18.2. The van der Waals surface area contributed by atoms with Crippen molar-refractivity contribution in [1.29, 1.82) is 0 Å². The lowest BCUT2D eigenvalue weighted by molar-refractivity contribution is -0.122. The van der Waals surface area contributed by atoms with Gasteiger partial charge in [-0.15, -0.1) is 0 Å². The molecule has 160 valence electrons. The summed E-state index contributed by atoms with van der Waals surface area (Å²) in [5.41, 5.74) is 4.81. The Labute approximate surface area is 180 Å². The summed E-state index contributed by atoms with van der Waals surface area (Å²) in [6.45, 7) is 6.22. The van der Waals surface area contributed by atoms with Crippen molar-refractivity contribution in [3.63, 3.8) is 0 Å². The van der Waals surface area contributed by atoms with Crippen LogP contribution in [0.2, 0.25) is 0 Å². The monoisotopic (exact) mass is 407 g/mol. The fourth-order valence-corrected chi connectivity index (χ4v) is 4.31. The largest absolute Gasteiger partial charge is 0.481 e. The molecule has 0 aromatic heterocycles. The van der Waals surface area contributed by atoms with Crippen molar-refractivity contribution < 1.29 is 9.53 Å². The normalized spacial score (nSPS) is 17.9. The van der Waals surface area contributed by atoms with Crippen molar-refractivity contribution in [3.05, 3.63) is 53.6 Å². The first kappa shape index (κ1) is 20.7. The van der Waals surface area contributed by atoms with Crippen molar-refractivity contribution >= 4 is 17.3 Å². The highest BCUT2D eigenvalue weighted by molar-refractivity contribution is 5.94. The minimum Gasteiger partial charge on any atom is -0.481 e. The molecule has 4 rings (SSSR count). The molecule has 1 heterocycles. The summed E-state index contributed by atoms with van der Waals surface area (Å²) in [4.78, 5) is 17.5. The zero-order valence-corrected chi connectivity index (χ0v) is 18.2. The van der Waals surface area contributed by atoms with E-state index in [1.807, 2.05) is 25.1 Å². The summed E-state index contributed by atoms with van der Waals surface area (Å²) >= 11 is 0. The Morgan fingerprint density at radius 3 is 2.40 bits per heavy atom. The quantitative estimate of drug-likeness (QED) is 0.783. The fraction of sp³-hybridized carbons (Fsp3) is 0.480. The molecular weight excluding hydrogens is 374 g/mol. The van der Waals surface area contributed by atoms with Crippen LogP contribution in [0.25, 0.3) is 0 Å². The van der Waals surface area contributed by atoms with Crippen molar-refractivity contribution in [3.8, 4) is 5.75 Å². The molecule has 0 bridgehead atoms. The molecule has 30 heavy (non-hydrogen) atoms. The number of nitrogens with zero attached hydrogens (tertiary/aromatic N) is 2. The third-order valence-corrected chi connectivity index (χ3v) is 6.26. The van der Waals surface area contributed by atoms with Gasteiger partial charge in [0.15, 0.2) is 6.10 Å². The van der Waals surface area contributed by atoms with Gasteiger partial charge in [-0.3, -0.25) is 4.79 Å². The molecule has 5 heteroatoms. The fourth-order valence-electron chi connectivity index (χ4n) is 4.31. The molecule has 0 radical (unpaired) electrons. The van der Waals surface area contributed by atoms with E-state index in [0.29, 0.717) is 6.42 Å². The van der Waals surface area contributed by atoms with Gasteiger partial charge in [0.1, 0.15) is 5.75 Å². The summed E-state index contributed by atoms with van der Waals surface area (Å²) < 4.78 is 6.07. The molecule has 1 fully saturated rings. The maximum absolute atomic E-state index is 12.8. The van der Waals surface area contributed by atoms with Gasteiger partial charge in [-0.25, -0.2) is 0 Å². The first-order valence-electron chi connectivity index (χ1n) is 11.3. The maximum Gasteiger partial charge on any atom is 0.265 e. The van der Waals surface area contributed by atoms with Gasteiger partial charge in [-0.2, -0.15) is 0 Å². The van der Waals surface area contributed by atoms with Gasteiger partial charge in [0.2, 0.25) is 0 Å². The Bertz CT molecular complexity index is 857. The first-order valence-corrected chi connectivity index (χ1v) is 11.3. The Kier molecular flexibility index (Phi) is 6.58. The topological polar surface area (TPSA) is 44.8 Å². The van der Waals surface area contributed by atoms with Crippen molar-refractivity contribution in [2.75, 3.05) is 43.4 Å². The number of carbonyl (C=O) groups is 1. The predicted molar refractivity (Wildman–Crippen MR) is 123 cm³/mol. The van der Waals surface area contributed by atoms with Gasteiger partial charge < -0.3 is 19.9 Å². The van der Waals surface area contributed by atoms with Crippen LogP contribution in [0.4, 0.5) is 11.4 Å². The molecule has 0 saturated carbocycles. The molecule has 5 nitrogen and oxygen atoms in total. The predicted octanol–water partition coefficient (Wildman–Crippen LogP) is 4.11. The number of benzene rings is 2. The van der Waals surface area contributed by atoms with E-state index in [0.717, 1.165) is 50.5 Å². The average Bonchev–Trinajstić information content (AvgIpc) is 2.78. The van der Waals surface area contributed by atoms with Gasteiger partial charge in [0.05, 0.1) is 0 Å². The summed E-state index contributed by atoms with van der Waals surface area (Å²) in [6.07, 6.45) is 4.89. The van der Waals surface area contributed by atoms with Gasteiger partial charge >= 0.3 is 0 Å². The minimum atomic E-state index is -0.496. The van der Waals surface area contributed by atoms with E-state index < -0.39 is 6.10 Å². The number of carbonyl (C=O) groups excluding carboxylic acids is 1. The smallest absolute Gasteiger partial charge is 0.265 e. The lowest BCUT2D eigenvalue weighted by atomic mass is 9.92. The number of aryl methyl sites for hydroxylation is 2. The molecule has 2 aromatic rings. The van der Waals surface area contributed by atoms with Crippen molar-refractivity contribution in [2.45, 2.75) is 45.1 Å². The van der Waals surface area contributed by atoms with E-state index in [4.69, 9.17) is 4.74 Å². The Morgan fingerprint density at radius 1 is 1.00 bits per heavy atom. The van der Waals surface area contributed by atoms with Crippen LogP contribution in [0.5, 0.6) is 5.75 Å². The van der Waals surface area contributed by atoms with E-state index in [1.54, 1.807) is 0 Å². The maximum atomic E-state index is 12.8. The Morgan fingerprint density at radius 2 is 1.70 bits per heavy atom. The van der Waals surface area contributed by atoms with Crippen molar-refractivity contribution in [1.82, 2.24) is 4.90 Å². The lowest BCUT2D eigenvalue weighted by Gasteiger charge is -2.34. The number of rotatable bonds is 6. The van der Waals surface area contributed by atoms with Gasteiger partial charge in [0.25, 0.3) is 5.91 Å². The second-order valence-corrected chi connectivity index (χ2v) is 8.48. The molecule has 0 spiro atoms. The van der Waals surface area contributed by atoms with Crippen LogP contribution in [-0.4, -0.2) is 50.1 Å². The highest BCUT2D eigenvalue weighted by Crippen LogP contribution is 2.26. The molecule has 1 saturated heterocycles. The zero-order chi connectivity index (χ0) is 20.9. The number of piperazine rings is 1. The molecule has 1 atom stereocenters. The summed E-state index contributed by atoms with van der Waals surface area (Å²) in [5, 5.41) is 3.02. The summed E-state index contributed by atoms with van der Waals surface area (Å²) in [5.74, 6) is 0.700. The number of anilines is 2. The van der Waals surface area contributed by atoms with Crippen LogP contribution in [0.1, 0.15) is 37.3 Å². The Hall–Kier alpha value is -2.53. The third-order valence-electron chi connectivity index (χ3n) is 6.26. The van der Waals surface area contributed by atoms with Crippen LogP contribution in [0, 0.1) is 0 Å². The summed E-state index contributed by atoms with van der Waals surface area (Å²) in [6, 6.07) is 14.4. The standard InChI is InChI=1S/C25H33N3O2/c1-3-24(30-23-13-8-19-6-4-5-7-20(19)18-23)25(29)26-21-9-11-22(12-10-21)28-16-14-27(2)15-17-28/h8-13,18,24H,3-7,14-17H2,1-2H3,(H,26,29)/t24-/m1/s1. The second kappa shape index (κ2) is 9.52. The number of fused-ring (bicyclic) bond motifs is 1. The van der Waals surface area contributed by atoms with E-state index in [9.17, 15) is 4.79 Å². The number of hydrogen-bond donors (Lipinski definition) is 1. The SMILES string of the molecule is CC[C@@H](Oc1ccc2c(c1)CCCC2)C(=O)Nc1ccc(N2CCN(C)CC2)cc1. The van der Waals surface area contributed by atoms with Crippen LogP contribution in [0.3, 0.4) is 0 Å². The number of ether oxygens (including phenoxy) is 1. The first-order chi connectivity index (χ1) is 14.6. The minimum absolute atomic E-state index is 0.0948. The molecular formula is C25H33N3O2. The molecule has 2 aliphatic rings. The number of amides is 1. The molecule has 1 amide bonds. The molecule has 1 N–H and O–H groups in total. The highest BCUT2D eigenvalue weighted by atomic mass is 16.5. The second-order valence-electron chi connectivity index (χ2n) is 8.48. The van der Waals surface area contributed by atoms with E-state index in [2.05, 4.69) is 46.4 Å². The van der Waals surface area contributed by atoms with Crippen molar-refractivity contribution in [2.24, 2.45) is 0 Å². The molecule has 2 aromatic carbocycles. The molecule has 1 aliphatic heterocycles. The van der Waals surface area contributed by atoms with Gasteiger partial charge in [-0.1, -0.05) is 13.0 Å². The van der Waals surface area contributed by atoms with Crippen LogP contribution < -0.4 is 15.0 Å². The third kappa shape index (κ3) is 4.96. The van der Waals surface area contributed by atoms with Gasteiger partial charge in [-0.05, 0) is 86.7 Å². The van der Waals surface area contributed by atoms with Crippen LogP contribution >= 0.6 is 0 Å². The van der Waals surface area contributed by atoms with Gasteiger partial charge in [0, 0.05) is 37.6 Å². The molecule has 1 aliphatic carbocycles. The number of hydrogen-bond acceptors (Lipinski definition) is 4. The van der Waals surface area contributed by atoms with E-state index in [1.165, 1.54) is 29.7 Å². The number of nitrogens with one attached hydrogen (secondary N) is 1. The van der Waals surface area contributed by atoms with E-state index >= 15 is 0 Å².